The van der Waals surface area contributed by atoms with Gasteiger partial charge in [-0.25, -0.2) is 0 Å². The van der Waals surface area contributed by atoms with E-state index in [0.29, 0.717) is 12.3 Å². The summed E-state index contributed by atoms with van der Waals surface area (Å²) in [5, 5.41) is 10.5. The van der Waals surface area contributed by atoms with Crippen molar-refractivity contribution in [3.8, 4) is 0 Å². The molecule has 1 amide bonds. The van der Waals surface area contributed by atoms with E-state index in [1.165, 1.54) is 6.42 Å². The van der Waals surface area contributed by atoms with Crippen LogP contribution in [0.3, 0.4) is 0 Å². The molecule has 1 aliphatic heterocycles. The van der Waals surface area contributed by atoms with Crippen LogP contribution in [0.5, 0.6) is 0 Å². The number of halogens is 1. The third-order valence-corrected chi connectivity index (χ3v) is 3.50. The van der Waals surface area contributed by atoms with Gasteiger partial charge in [0.2, 0.25) is 5.91 Å². The van der Waals surface area contributed by atoms with E-state index >= 15 is 0 Å². The van der Waals surface area contributed by atoms with E-state index in [1.807, 2.05) is 10.9 Å². The summed E-state index contributed by atoms with van der Waals surface area (Å²) in [5.74, 6) is 0.739. The highest BCUT2D eigenvalue weighted by Crippen LogP contribution is 2.17. The van der Waals surface area contributed by atoms with Gasteiger partial charge >= 0.3 is 0 Å². The van der Waals surface area contributed by atoms with E-state index in [4.69, 9.17) is 0 Å². The first-order chi connectivity index (χ1) is 8.95. The molecule has 1 unspecified atom stereocenters. The maximum atomic E-state index is 11.9. The van der Waals surface area contributed by atoms with Gasteiger partial charge in [-0.05, 0) is 52.6 Å². The maximum absolute atomic E-state index is 11.9. The Balaban J connectivity index is 0.00000200. The van der Waals surface area contributed by atoms with Crippen molar-refractivity contribution in [2.24, 2.45) is 5.92 Å². The average molecular weight is 301 g/mol. The molecule has 1 saturated heterocycles. The molecule has 1 aliphatic rings. The zero-order valence-electron chi connectivity index (χ0n) is 12.5. The van der Waals surface area contributed by atoms with E-state index in [0.717, 1.165) is 25.2 Å². The fourth-order valence-corrected chi connectivity index (χ4v) is 2.27. The highest BCUT2D eigenvalue weighted by atomic mass is 35.5. The van der Waals surface area contributed by atoms with Crippen molar-refractivity contribution in [2.45, 2.75) is 45.6 Å². The number of hydrogen-bond donors (Lipinski definition) is 2. The Morgan fingerprint density at radius 2 is 2.30 bits per heavy atom. The molecule has 5 nitrogen and oxygen atoms in total. The van der Waals surface area contributed by atoms with E-state index < -0.39 is 0 Å². The molecular weight excluding hydrogens is 276 g/mol. The van der Waals surface area contributed by atoms with E-state index in [-0.39, 0.29) is 23.9 Å². The molecule has 1 fully saturated rings. The molecule has 2 heterocycles. The first kappa shape index (κ1) is 17.0. The molecule has 2 rings (SSSR count). The molecule has 0 aromatic carbocycles. The molecule has 0 saturated carbocycles. The van der Waals surface area contributed by atoms with Gasteiger partial charge in [0.05, 0.1) is 17.4 Å². The lowest BCUT2D eigenvalue weighted by molar-refractivity contribution is -0.116. The van der Waals surface area contributed by atoms with Crippen molar-refractivity contribution in [3.05, 3.63) is 12.4 Å². The summed E-state index contributed by atoms with van der Waals surface area (Å²) in [5.41, 5.74) is 0.725. The van der Waals surface area contributed by atoms with Gasteiger partial charge in [-0.3, -0.25) is 9.48 Å². The van der Waals surface area contributed by atoms with Crippen LogP contribution in [0.4, 0.5) is 5.69 Å². The van der Waals surface area contributed by atoms with Crippen LogP contribution in [-0.2, 0) is 10.3 Å². The number of amides is 1. The van der Waals surface area contributed by atoms with E-state index in [1.54, 1.807) is 6.20 Å². The normalized spacial score (nSPS) is 18.6. The molecule has 1 aromatic rings. The fraction of sp³-hybridized carbons (Fsp3) is 0.714. The maximum Gasteiger partial charge on any atom is 0.224 e. The zero-order chi connectivity index (χ0) is 13.9. The molecule has 0 spiro atoms. The van der Waals surface area contributed by atoms with Crippen molar-refractivity contribution in [3.63, 3.8) is 0 Å². The summed E-state index contributed by atoms with van der Waals surface area (Å²) in [6.45, 7) is 8.38. The molecule has 114 valence electrons. The van der Waals surface area contributed by atoms with Gasteiger partial charge in [-0.2, -0.15) is 5.10 Å². The summed E-state index contributed by atoms with van der Waals surface area (Å²) in [7, 11) is 0. The molecular formula is C14H25ClN4O. The number of carbonyl (C=O) groups is 1. The SMILES string of the molecule is CC(C)(C)n1cc(NC(=O)CCC2CCNC2)cn1.Cl. The predicted molar refractivity (Wildman–Crippen MR) is 83.3 cm³/mol. The lowest BCUT2D eigenvalue weighted by Gasteiger charge is -2.18. The molecule has 1 atom stereocenters. The van der Waals surface area contributed by atoms with Gasteiger partial charge in [-0.15, -0.1) is 12.4 Å². The highest BCUT2D eigenvalue weighted by molar-refractivity contribution is 5.90. The summed E-state index contributed by atoms with van der Waals surface area (Å²) in [6, 6.07) is 0. The first-order valence-electron chi connectivity index (χ1n) is 7.01. The van der Waals surface area contributed by atoms with Crippen molar-refractivity contribution in [1.82, 2.24) is 15.1 Å². The second-order valence-corrected chi connectivity index (χ2v) is 6.29. The lowest BCUT2D eigenvalue weighted by Crippen LogP contribution is -2.22. The largest absolute Gasteiger partial charge is 0.323 e. The van der Waals surface area contributed by atoms with Crippen molar-refractivity contribution >= 4 is 24.0 Å². The van der Waals surface area contributed by atoms with Gasteiger partial charge in [0.1, 0.15) is 0 Å². The van der Waals surface area contributed by atoms with Crippen LogP contribution in [0.15, 0.2) is 12.4 Å². The van der Waals surface area contributed by atoms with E-state index in [2.05, 4.69) is 36.5 Å². The molecule has 0 radical (unpaired) electrons. The number of hydrogen-bond acceptors (Lipinski definition) is 3. The highest BCUT2D eigenvalue weighted by Gasteiger charge is 2.17. The van der Waals surface area contributed by atoms with Crippen molar-refractivity contribution < 1.29 is 4.79 Å². The fourth-order valence-electron chi connectivity index (χ4n) is 2.27. The summed E-state index contributed by atoms with van der Waals surface area (Å²) in [4.78, 5) is 11.9. The monoisotopic (exact) mass is 300 g/mol. The molecule has 1 aromatic heterocycles. The van der Waals surface area contributed by atoms with Crippen LogP contribution in [0, 0.1) is 5.92 Å². The minimum Gasteiger partial charge on any atom is -0.323 e. The van der Waals surface area contributed by atoms with Gasteiger partial charge < -0.3 is 10.6 Å². The Labute approximate surface area is 126 Å². The molecule has 2 N–H and O–H groups in total. The Morgan fingerprint density at radius 1 is 1.55 bits per heavy atom. The second-order valence-electron chi connectivity index (χ2n) is 6.29. The quantitative estimate of drug-likeness (QED) is 0.897. The minimum atomic E-state index is -0.0570. The Kier molecular flexibility index (Phi) is 6.02. The standard InChI is InChI=1S/C14H24N4O.ClH/c1-14(2,3)18-10-12(9-16-18)17-13(19)5-4-11-6-7-15-8-11;/h9-11,15H,4-8H2,1-3H3,(H,17,19);1H. The smallest absolute Gasteiger partial charge is 0.224 e. The Bertz CT molecular complexity index is 433. The van der Waals surface area contributed by atoms with Gasteiger partial charge in [-0.1, -0.05) is 0 Å². The van der Waals surface area contributed by atoms with Crippen LogP contribution in [0.25, 0.3) is 0 Å². The lowest BCUT2D eigenvalue weighted by atomic mass is 10.0. The minimum absolute atomic E-state index is 0. The van der Waals surface area contributed by atoms with Crippen molar-refractivity contribution in [2.75, 3.05) is 18.4 Å². The zero-order valence-corrected chi connectivity index (χ0v) is 13.3. The molecule has 0 bridgehead atoms. The molecule has 6 heteroatoms. The van der Waals surface area contributed by atoms with Crippen LogP contribution in [0.1, 0.15) is 40.0 Å². The number of anilines is 1. The number of nitrogens with zero attached hydrogens (tertiary/aromatic N) is 2. The van der Waals surface area contributed by atoms with Crippen LogP contribution in [0.2, 0.25) is 0 Å². The third kappa shape index (κ3) is 4.80. The van der Waals surface area contributed by atoms with Crippen LogP contribution in [-0.4, -0.2) is 28.8 Å². The molecule has 0 aliphatic carbocycles. The average Bonchev–Trinajstić information content (AvgIpc) is 2.95. The van der Waals surface area contributed by atoms with Crippen molar-refractivity contribution in [1.29, 1.82) is 0 Å². The third-order valence-electron chi connectivity index (χ3n) is 3.50. The summed E-state index contributed by atoms with van der Waals surface area (Å²) >= 11 is 0. The van der Waals surface area contributed by atoms with Gasteiger partial charge in [0.15, 0.2) is 0 Å². The van der Waals surface area contributed by atoms with Gasteiger partial charge in [0.25, 0.3) is 0 Å². The van der Waals surface area contributed by atoms with Crippen LogP contribution >= 0.6 is 12.4 Å². The number of rotatable bonds is 4. The van der Waals surface area contributed by atoms with Crippen LogP contribution < -0.4 is 10.6 Å². The summed E-state index contributed by atoms with van der Waals surface area (Å²) in [6.07, 6.45) is 6.34. The first-order valence-corrected chi connectivity index (χ1v) is 7.01. The Hall–Kier alpha value is -1.07. The van der Waals surface area contributed by atoms with E-state index in [9.17, 15) is 4.79 Å². The Morgan fingerprint density at radius 3 is 2.85 bits per heavy atom. The predicted octanol–water partition coefficient (Wildman–Crippen LogP) is 2.39. The van der Waals surface area contributed by atoms with Gasteiger partial charge in [0, 0.05) is 12.6 Å². The number of nitrogens with one attached hydrogen (secondary N) is 2. The molecule has 20 heavy (non-hydrogen) atoms. The second kappa shape index (κ2) is 7.09. The topological polar surface area (TPSA) is 59.0 Å². The number of aromatic nitrogens is 2. The number of carbonyl (C=O) groups excluding carboxylic acids is 1. The summed E-state index contributed by atoms with van der Waals surface area (Å²) < 4.78 is 1.86.